The van der Waals surface area contributed by atoms with E-state index < -0.39 is 5.97 Å². The van der Waals surface area contributed by atoms with Crippen LogP contribution >= 0.6 is 11.3 Å². The van der Waals surface area contributed by atoms with Crippen LogP contribution in [0, 0.1) is 11.3 Å². The van der Waals surface area contributed by atoms with Gasteiger partial charge in [-0.25, -0.2) is 4.79 Å². The first-order chi connectivity index (χ1) is 11.8. The van der Waals surface area contributed by atoms with E-state index >= 15 is 0 Å². The fourth-order valence-electron chi connectivity index (χ4n) is 2.14. The predicted octanol–water partition coefficient (Wildman–Crippen LogP) is 4.91. The minimum absolute atomic E-state index is 0.269. The van der Waals surface area contributed by atoms with E-state index in [2.05, 4.69) is 0 Å². The third-order valence-corrected chi connectivity index (χ3v) is 4.39. The molecule has 3 nitrogen and oxygen atoms in total. The molecule has 3 rings (SSSR count). The lowest BCUT2D eigenvalue weighted by atomic mass is 10.2. The smallest absolute Gasteiger partial charge is 0.336 e. The van der Waals surface area contributed by atoms with Crippen LogP contribution in [0.3, 0.4) is 0 Å². The van der Waals surface area contributed by atoms with Gasteiger partial charge in [0.2, 0.25) is 0 Å². The molecule has 0 aliphatic carbocycles. The Morgan fingerprint density at radius 3 is 2.54 bits per heavy atom. The summed E-state index contributed by atoms with van der Waals surface area (Å²) in [5.41, 5.74) is 1.48. The largest absolute Gasteiger partial charge is 0.422 e. The normalized spacial score (nSPS) is 10.5. The summed E-state index contributed by atoms with van der Waals surface area (Å²) in [6, 6.07) is 22.7. The van der Waals surface area contributed by atoms with E-state index in [1.165, 1.54) is 6.08 Å². The Hall–Kier alpha value is -3.16. The van der Waals surface area contributed by atoms with E-state index in [0.29, 0.717) is 5.56 Å². The first kappa shape index (κ1) is 15.7. The van der Waals surface area contributed by atoms with E-state index in [4.69, 9.17) is 10.00 Å². The number of rotatable bonds is 4. The van der Waals surface area contributed by atoms with Crippen LogP contribution in [0.1, 0.15) is 10.4 Å². The van der Waals surface area contributed by atoms with Gasteiger partial charge in [0.1, 0.15) is 11.8 Å². The number of carbonyl (C=O) groups excluding carboxylic acids is 1. The lowest BCUT2D eigenvalue weighted by Gasteiger charge is -2.02. The number of nitriles is 1. The molecule has 2 aromatic carbocycles. The summed E-state index contributed by atoms with van der Waals surface area (Å²) in [5.74, 6) is -0.238. The Kier molecular flexibility index (Phi) is 4.85. The summed E-state index contributed by atoms with van der Waals surface area (Å²) in [6.07, 6.45) is 3.09. The second-order valence-electron chi connectivity index (χ2n) is 4.93. The molecule has 0 aliphatic rings. The number of hydrogen-bond donors (Lipinski definition) is 0. The Bertz CT molecular complexity index is 920. The zero-order valence-electron chi connectivity index (χ0n) is 12.7. The minimum atomic E-state index is -0.507. The Morgan fingerprint density at radius 1 is 1.00 bits per heavy atom. The lowest BCUT2D eigenvalue weighted by Crippen LogP contribution is -2.04. The summed E-state index contributed by atoms with van der Waals surface area (Å²) >= 11 is 1.59. The van der Waals surface area contributed by atoms with Crippen LogP contribution < -0.4 is 4.74 Å². The molecular weight excluding hydrogens is 318 g/mol. The summed E-state index contributed by atoms with van der Waals surface area (Å²) < 4.78 is 5.21. The molecule has 0 spiro atoms. The van der Waals surface area contributed by atoms with Crippen molar-refractivity contribution >= 4 is 23.4 Å². The molecular formula is C20H13NO2S. The van der Waals surface area contributed by atoms with Crippen molar-refractivity contribution in [2.75, 3.05) is 0 Å². The molecule has 0 atom stereocenters. The van der Waals surface area contributed by atoms with Crippen molar-refractivity contribution in [3.05, 3.63) is 83.2 Å². The maximum atomic E-state index is 11.9. The second-order valence-corrected chi connectivity index (χ2v) is 6.05. The van der Waals surface area contributed by atoms with Crippen LogP contribution in [0.5, 0.6) is 5.75 Å². The maximum absolute atomic E-state index is 11.9. The molecule has 0 aliphatic heterocycles. The van der Waals surface area contributed by atoms with Gasteiger partial charge in [-0.2, -0.15) is 5.26 Å². The van der Waals surface area contributed by atoms with Crippen molar-refractivity contribution in [1.29, 1.82) is 5.26 Å². The van der Waals surface area contributed by atoms with Crippen molar-refractivity contribution in [3.63, 3.8) is 0 Å². The molecule has 0 amide bonds. The van der Waals surface area contributed by atoms with E-state index in [1.54, 1.807) is 41.7 Å². The average molecular weight is 331 g/mol. The summed E-state index contributed by atoms with van der Waals surface area (Å²) in [7, 11) is 0. The Balaban J connectivity index is 1.69. The number of nitrogens with zero attached hydrogens (tertiary/aromatic N) is 1. The first-order valence-electron chi connectivity index (χ1n) is 7.30. The summed E-state index contributed by atoms with van der Waals surface area (Å²) in [4.78, 5) is 14.0. The fourth-order valence-corrected chi connectivity index (χ4v) is 3.06. The molecule has 24 heavy (non-hydrogen) atoms. The number of ether oxygens (including phenoxy) is 1. The van der Waals surface area contributed by atoms with Gasteiger partial charge in [-0.1, -0.05) is 42.5 Å². The van der Waals surface area contributed by atoms with Crippen LogP contribution in [-0.4, -0.2) is 5.97 Å². The zero-order chi connectivity index (χ0) is 16.8. The highest BCUT2D eigenvalue weighted by Gasteiger charge is 2.06. The molecule has 0 unspecified atom stereocenters. The third-order valence-electron chi connectivity index (χ3n) is 3.29. The number of thiophene rings is 1. The molecule has 116 valence electrons. The molecule has 3 aromatic rings. The van der Waals surface area contributed by atoms with E-state index in [0.717, 1.165) is 15.3 Å². The van der Waals surface area contributed by atoms with Crippen molar-refractivity contribution in [2.24, 2.45) is 0 Å². The number of hydrogen-bond acceptors (Lipinski definition) is 4. The highest BCUT2D eigenvalue weighted by molar-refractivity contribution is 7.16. The zero-order valence-corrected chi connectivity index (χ0v) is 13.5. The van der Waals surface area contributed by atoms with Gasteiger partial charge in [0.05, 0.1) is 5.56 Å². The van der Waals surface area contributed by atoms with Gasteiger partial charge >= 0.3 is 5.97 Å². The Morgan fingerprint density at radius 2 is 1.75 bits per heavy atom. The molecule has 1 heterocycles. The topological polar surface area (TPSA) is 50.1 Å². The highest BCUT2D eigenvalue weighted by atomic mass is 32.1. The first-order valence-corrected chi connectivity index (χ1v) is 8.12. The van der Waals surface area contributed by atoms with Gasteiger partial charge in [-0.15, -0.1) is 11.3 Å². The van der Waals surface area contributed by atoms with Crippen molar-refractivity contribution in [2.45, 2.75) is 0 Å². The van der Waals surface area contributed by atoms with E-state index in [-0.39, 0.29) is 5.75 Å². The third kappa shape index (κ3) is 3.78. The summed E-state index contributed by atoms with van der Waals surface area (Å²) in [6.45, 7) is 0. The van der Waals surface area contributed by atoms with Crippen LogP contribution in [0.2, 0.25) is 0 Å². The number of para-hydroxylation sites is 1. The van der Waals surface area contributed by atoms with Gasteiger partial charge in [0.15, 0.2) is 0 Å². The number of carbonyl (C=O) groups is 1. The van der Waals surface area contributed by atoms with Crippen molar-refractivity contribution < 1.29 is 9.53 Å². The second kappa shape index (κ2) is 7.40. The highest BCUT2D eigenvalue weighted by Crippen LogP contribution is 2.28. The van der Waals surface area contributed by atoms with Crippen LogP contribution in [0.15, 0.2) is 72.8 Å². The number of esters is 1. The molecule has 0 saturated heterocycles. The molecule has 0 radical (unpaired) electrons. The van der Waals surface area contributed by atoms with Crippen LogP contribution in [-0.2, 0) is 4.79 Å². The molecule has 4 heteroatoms. The van der Waals surface area contributed by atoms with Crippen LogP contribution in [0.4, 0.5) is 0 Å². The van der Waals surface area contributed by atoms with E-state index in [9.17, 15) is 4.79 Å². The van der Waals surface area contributed by atoms with Crippen molar-refractivity contribution in [1.82, 2.24) is 0 Å². The van der Waals surface area contributed by atoms with Gasteiger partial charge in [-0.05, 0) is 35.9 Å². The lowest BCUT2D eigenvalue weighted by molar-refractivity contribution is -0.128. The number of benzene rings is 2. The van der Waals surface area contributed by atoms with Crippen LogP contribution in [0.25, 0.3) is 16.5 Å². The minimum Gasteiger partial charge on any atom is -0.422 e. The predicted molar refractivity (Wildman–Crippen MR) is 95.6 cm³/mol. The molecule has 1 aromatic heterocycles. The van der Waals surface area contributed by atoms with Gasteiger partial charge < -0.3 is 4.74 Å². The Labute approximate surface area is 144 Å². The van der Waals surface area contributed by atoms with Gasteiger partial charge in [0, 0.05) is 15.8 Å². The summed E-state index contributed by atoms with van der Waals surface area (Å²) in [5, 5.41) is 8.99. The van der Waals surface area contributed by atoms with E-state index in [1.807, 2.05) is 48.5 Å². The standard InChI is InChI=1S/C20H13NO2S/c21-14-16-8-4-5-9-18(16)23-20(22)13-11-17-10-12-19(24-17)15-6-2-1-3-7-15/h1-13H. The monoisotopic (exact) mass is 331 g/mol. The van der Waals surface area contributed by atoms with Gasteiger partial charge in [0.25, 0.3) is 0 Å². The quantitative estimate of drug-likeness (QED) is 0.388. The fraction of sp³-hybridized carbons (Fsp3) is 0. The van der Waals surface area contributed by atoms with Gasteiger partial charge in [-0.3, -0.25) is 0 Å². The molecule has 0 N–H and O–H groups in total. The molecule has 0 saturated carbocycles. The van der Waals surface area contributed by atoms with Crippen molar-refractivity contribution in [3.8, 4) is 22.3 Å². The maximum Gasteiger partial charge on any atom is 0.336 e. The molecule has 0 bridgehead atoms. The molecule has 0 fully saturated rings. The SMILES string of the molecule is N#Cc1ccccc1OC(=O)C=Cc1ccc(-c2ccccc2)s1. The average Bonchev–Trinajstić information content (AvgIpc) is 3.10.